The maximum atomic E-state index is 14.4. The molecule has 1 saturated heterocycles. The van der Waals surface area contributed by atoms with Gasteiger partial charge in [0.15, 0.2) is 0 Å². The van der Waals surface area contributed by atoms with E-state index >= 15 is 0 Å². The standard InChI is InChI=1S/C21H21FN4O/c22-19-7-6-15(12-18(19)21(27)26-10-3-8-23-9-11-26)13-20-17-5-2-1-4-16(17)14-24-25-20/h1-2,4-7,12,14,23H,3,8-11,13H2. The molecule has 0 atom stereocenters. The quantitative estimate of drug-likeness (QED) is 0.776. The van der Waals surface area contributed by atoms with E-state index < -0.39 is 5.82 Å². The molecule has 2 heterocycles. The number of carbonyl (C=O) groups is 1. The number of benzene rings is 2. The van der Waals surface area contributed by atoms with Gasteiger partial charge in [0.1, 0.15) is 5.82 Å². The fourth-order valence-electron chi connectivity index (χ4n) is 3.48. The molecule has 0 unspecified atom stereocenters. The zero-order chi connectivity index (χ0) is 18.6. The molecule has 1 aliphatic heterocycles. The lowest BCUT2D eigenvalue weighted by Crippen LogP contribution is -2.34. The fourth-order valence-corrected chi connectivity index (χ4v) is 3.48. The zero-order valence-electron chi connectivity index (χ0n) is 15.0. The van der Waals surface area contributed by atoms with Gasteiger partial charge in [-0.05, 0) is 30.7 Å². The van der Waals surface area contributed by atoms with Crippen LogP contribution in [0.15, 0.2) is 48.7 Å². The molecular weight excluding hydrogens is 343 g/mol. The van der Waals surface area contributed by atoms with Gasteiger partial charge < -0.3 is 10.2 Å². The third kappa shape index (κ3) is 3.80. The average Bonchev–Trinajstić information content (AvgIpc) is 2.99. The van der Waals surface area contributed by atoms with Crippen LogP contribution in [0.25, 0.3) is 10.8 Å². The van der Waals surface area contributed by atoms with E-state index in [1.807, 2.05) is 24.3 Å². The monoisotopic (exact) mass is 364 g/mol. The number of rotatable bonds is 3. The van der Waals surface area contributed by atoms with Gasteiger partial charge in [0.2, 0.25) is 0 Å². The molecule has 4 rings (SSSR count). The first-order chi connectivity index (χ1) is 13.2. The molecule has 0 spiro atoms. The maximum Gasteiger partial charge on any atom is 0.256 e. The molecule has 1 aliphatic rings. The summed E-state index contributed by atoms with van der Waals surface area (Å²) >= 11 is 0. The second-order valence-electron chi connectivity index (χ2n) is 6.77. The van der Waals surface area contributed by atoms with Crippen molar-refractivity contribution in [1.82, 2.24) is 20.4 Å². The summed E-state index contributed by atoms with van der Waals surface area (Å²) in [5.41, 5.74) is 1.79. The summed E-state index contributed by atoms with van der Waals surface area (Å²) < 4.78 is 14.4. The Balaban J connectivity index is 1.63. The van der Waals surface area contributed by atoms with E-state index in [0.29, 0.717) is 19.5 Å². The van der Waals surface area contributed by atoms with E-state index in [2.05, 4.69) is 15.5 Å². The predicted octanol–water partition coefficient (Wildman–Crippen LogP) is 2.80. The van der Waals surface area contributed by atoms with Crippen LogP contribution in [-0.2, 0) is 6.42 Å². The number of nitrogens with one attached hydrogen (secondary N) is 1. The number of halogens is 1. The molecule has 5 nitrogen and oxygen atoms in total. The number of fused-ring (bicyclic) bond motifs is 1. The Morgan fingerprint density at radius 3 is 2.96 bits per heavy atom. The highest BCUT2D eigenvalue weighted by atomic mass is 19.1. The Morgan fingerprint density at radius 1 is 1.15 bits per heavy atom. The number of nitrogens with zero attached hydrogens (tertiary/aromatic N) is 3. The lowest BCUT2D eigenvalue weighted by Gasteiger charge is -2.20. The van der Waals surface area contributed by atoms with Crippen molar-refractivity contribution in [2.75, 3.05) is 26.2 Å². The lowest BCUT2D eigenvalue weighted by molar-refractivity contribution is 0.0761. The Hall–Kier alpha value is -2.86. The SMILES string of the molecule is O=C(c1cc(Cc2nncc3ccccc23)ccc1F)N1CCCNCC1. The summed E-state index contributed by atoms with van der Waals surface area (Å²) in [5.74, 6) is -0.730. The molecule has 6 heteroatoms. The molecule has 2 aromatic carbocycles. The summed E-state index contributed by atoms with van der Waals surface area (Å²) in [5, 5.41) is 13.6. The smallest absolute Gasteiger partial charge is 0.256 e. The van der Waals surface area contributed by atoms with Crippen LogP contribution in [0.2, 0.25) is 0 Å². The minimum absolute atomic E-state index is 0.127. The van der Waals surface area contributed by atoms with Crippen molar-refractivity contribution in [2.45, 2.75) is 12.8 Å². The molecule has 0 bridgehead atoms. The molecule has 27 heavy (non-hydrogen) atoms. The Morgan fingerprint density at radius 2 is 2.04 bits per heavy atom. The molecular formula is C21H21FN4O. The van der Waals surface area contributed by atoms with E-state index in [9.17, 15) is 9.18 Å². The molecule has 1 amide bonds. The summed E-state index contributed by atoms with van der Waals surface area (Å²) in [4.78, 5) is 14.5. The molecule has 138 valence electrons. The molecule has 1 aromatic heterocycles. The van der Waals surface area contributed by atoms with Crippen molar-refractivity contribution >= 4 is 16.7 Å². The van der Waals surface area contributed by atoms with Gasteiger partial charge in [-0.15, -0.1) is 0 Å². The predicted molar refractivity (Wildman–Crippen MR) is 102 cm³/mol. The van der Waals surface area contributed by atoms with E-state index in [1.165, 1.54) is 6.07 Å². The number of carbonyl (C=O) groups excluding carboxylic acids is 1. The fraction of sp³-hybridized carbons (Fsp3) is 0.286. The third-order valence-corrected chi connectivity index (χ3v) is 4.91. The van der Waals surface area contributed by atoms with Crippen LogP contribution >= 0.6 is 0 Å². The van der Waals surface area contributed by atoms with Gasteiger partial charge in [-0.25, -0.2) is 4.39 Å². The summed E-state index contributed by atoms with van der Waals surface area (Å²) in [6.07, 6.45) is 3.10. The van der Waals surface area contributed by atoms with Crippen LogP contribution in [0.4, 0.5) is 4.39 Å². The zero-order valence-corrected chi connectivity index (χ0v) is 15.0. The van der Waals surface area contributed by atoms with Crippen LogP contribution in [0.3, 0.4) is 0 Å². The number of hydrogen-bond donors (Lipinski definition) is 1. The van der Waals surface area contributed by atoms with Crippen molar-refractivity contribution in [1.29, 1.82) is 0 Å². The Bertz CT molecular complexity index is 962. The molecule has 0 aliphatic carbocycles. The second-order valence-corrected chi connectivity index (χ2v) is 6.77. The Labute approximate surface area is 157 Å². The van der Waals surface area contributed by atoms with Gasteiger partial charge >= 0.3 is 0 Å². The molecule has 1 N–H and O–H groups in total. The van der Waals surface area contributed by atoms with Gasteiger partial charge in [-0.1, -0.05) is 30.3 Å². The van der Waals surface area contributed by atoms with Crippen LogP contribution < -0.4 is 5.32 Å². The number of amides is 1. The van der Waals surface area contributed by atoms with Crippen molar-refractivity contribution in [2.24, 2.45) is 0 Å². The van der Waals surface area contributed by atoms with Crippen LogP contribution in [0, 0.1) is 5.82 Å². The minimum atomic E-state index is -0.482. The third-order valence-electron chi connectivity index (χ3n) is 4.91. The largest absolute Gasteiger partial charge is 0.337 e. The minimum Gasteiger partial charge on any atom is -0.337 e. The highest BCUT2D eigenvalue weighted by Gasteiger charge is 2.21. The topological polar surface area (TPSA) is 58.1 Å². The number of aromatic nitrogens is 2. The van der Waals surface area contributed by atoms with E-state index in [4.69, 9.17) is 0 Å². The van der Waals surface area contributed by atoms with Crippen molar-refractivity contribution in [3.05, 3.63) is 71.3 Å². The van der Waals surface area contributed by atoms with Crippen molar-refractivity contribution in [3.63, 3.8) is 0 Å². The van der Waals surface area contributed by atoms with Gasteiger partial charge in [0.25, 0.3) is 5.91 Å². The van der Waals surface area contributed by atoms with E-state index in [1.54, 1.807) is 23.2 Å². The van der Waals surface area contributed by atoms with Gasteiger partial charge in [0, 0.05) is 36.8 Å². The van der Waals surface area contributed by atoms with Crippen LogP contribution in [0.5, 0.6) is 0 Å². The maximum absolute atomic E-state index is 14.4. The van der Waals surface area contributed by atoms with Gasteiger partial charge in [-0.3, -0.25) is 4.79 Å². The normalized spacial score (nSPS) is 14.9. The first-order valence-electron chi connectivity index (χ1n) is 9.20. The van der Waals surface area contributed by atoms with Gasteiger partial charge in [0.05, 0.1) is 17.5 Å². The molecule has 0 saturated carbocycles. The first-order valence-corrected chi connectivity index (χ1v) is 9.20. The molecule has 1 fully saturated rings. The molecule has 0 radical (unpaired) electrons. The Kier molecular flexibility index (Phi) is 5.07. The lowest BCUT2D eigenvalue weighted by atomic mass is 10.0. The highest BCUT2D eigenvalue weighted by molar-refractivity contribution is 5.94. The molecule has 3 aromatic rings. The number of hydrogen-bond acceptors (Lipinski definition) is 4. The summed E-state index contributed by atoms with van der Waals surface area (Å²) in [6.45, 7) is 2.85. The van der Waals surface area contributed by atoms with Crippen LogP contribution in [-0.4, -0.2) is 47.2 Å². The van der Waals surface area contributed by atoms with Crippen molar-refractivity contribution < 1.29 is 9.18 Å². The van der Waals surface area contributed by atoms with Crippen molar-refractivity contribution in [3.8, 4) is 0 Å². The highest BCUT2D eigenvalue weighted by Crippen LogP contribution is 2.20. The van der Waals surface area contributed by atoms with Crippen LogP contribution in [0.1, 0.15) is 28.0 Å². The van der Waals surface area contributed by atoms with Gasteiger partial charge in [-0.2, -0.15) is 10.2 Å². The summed E-state index contributed by atoms with van der Waals surface area (Å²) in [6, 6.07) is 12.6. The summed E-state index contributed by atoms with van der Waals surface area (Å²) in [7, 11) is 0. The van der Waals surface area contributed by atoms with E-state index in [0.717, 1.165) is 41.5 Å². The van der Waals surface area contributed by atoms with E-state index in [-0.39, 0.29) is 11.5 Å². The first kappa shape index (κ1) is 17.5. The average molecular weight is 364 g/mol. The second kappa shape index (κ2) is 7.80.